The Balaban J connectivity index is 2.04. The van der Waals surface area contributed by atoms with Gasteiger partial charge in [-0.15, -0.1) is 0 Å². The van der Waals surface area contributed by atoms with E-state index in [1.165, 1.54) is 17.6 Å². The summed E-state index contributed by atoms with van der Waals surface area (Å²) in [5.41, 5.74) is 3.47. The summed E-state index contributed by atoms with van der Waals surface area (Å²) < 4.78 is 1.53. The van der Waals surface area contributed by atoms with Gasteiger partial charge in [-0.25, -0.2) is 4.85 Å². The summed E-state index contributed by atoms with van der Waals surface area (Å²) in [6.07, 6.45) is 1.75. The molecule has 0 radical (unpaired) electrons. The first-order valence-corrected chi connectivity index (χ1v) is 7.65. The standard InChI is InChI=1S/C20H15N3O2/c1-14(24)22-18-4-3-5-19(12-18)23-13-16(8-11-20(23)25)15-6-9-17(21-2)10-7-15/h3-13H,1H3,(H,22,24). The number of hydrogen-bond donors (Lipinski definition) is 1. The number of pyridine rings is 1. The van der Waals surface area contributed by atoms with Crippen molar-refractivity contribution in [2.75, 3.05) is 5.32 Å². The monoisotopic (exact) mass is 329 g/mol. The molecule has 1 amide bonds. The Morgan fingerprint density at radius 1 is 1.04 bits per heavy atom. The van der Waals surface area contributed by atoms with Crippen molar-refractivity contribution in [1.29, 1.82) is 0 Å². The van der Waals surface area contributed by atoms with Crippen LogP contribution in [0.15, 0.2) is 71.7 Å². The lowest BCUT2D eigenvalue weighted by molar-refractivity contribution is -0.114. The summed E-state index contributed by atoms with van der Waals surface area (Å²) in [7, 11) is 0. The van der Waals surface area contributed by atoms with Gasteiger partial charge in [0.05, 0.1) is 12.3 Å². The summed E-state index contributed by atoms with van der Waals surface area (Å²) in [6, 6.07) is 17.5. The molecule has 1 N–H and O–H groups in total. The van der Waals surface area contributed by atoms with Gasteiger partial charge in [-0.05, 0) is 35.4 Å². The van der Waals surface area contributed by atoms with E-state index >= 15 is 0 Å². The van der Waals surface area contributed by atoms with Gasteiger partial charge in [0.2, 0.25) is 5.91 Å². The molecule has 25 heavy (non-hydrogen) atoms. The van der Waals surface area contributed by atoms with Crippen LogP contribution in [0.5, 0.6) is 0 Å². The van der Waals surface area contributed by atoms with E-state index in [9.17, 15) is 9.59 Å². The molecule has 1 heterocycles. The molecular formula is C20H15N3O2. The highest BCUT2D eigenvalue weighted by atomic mass is 16.1. The third kappa shape index (κ3) is 3.65. The Hall–Kier alpha value is -3.65. The van der Waals surface area contributed by atoms with Crippen molar-refractivity contribution in [2.24, 2.45) is 0 Å². The molecule has 0 atom stereocenters. The van der Waals surface area contributed by atoms with Crippen LogP contribution in [-0.4, -0.2) is 10.5 Å². The van der Waals surface area contributed by atoms with E-state index < -0.39 is 0 Å². The highest BCUT2D eigenvalue weighted by Crippen LogP contribution is 2.23. The molecule has 0 saturated heterocycles. The summed E-state index contributed by atoms with van der Waals surface area (Å²) in [6.45, 7) is 8.45. The van der Waals surface area contributed by atoms with E-state index in [0.29, 0.717) is 17.1 Å². The van der Waals surface area contributed by atoms with Gasteiger partial charge in [0.25, 0.3) is 5.56 Å². The number of amides is 1. The van der Waals surface area contributed by atoms with Gasteiger partial charge in [-0.2, -0.15) is 0 Å². The maximum Gasteiger partial charge on any atom is 0.255 e. The molecule has 3 aromatic rings. The Morgan fingerprint density at radius 2 is 1.76 bits per heavy atom. The Kier molecular flexibility index (Phi) is 4.44. The molecule has 5 heteroatoms. The third-order valence-electron chi connectivity index (χ3n) is 3.69. The van der Waals surface area contributed by atoms with Crippen LogP contribution in [0, 0.1) is 6.57 Å². The van der Waals surface area contributed by atoms with E-state index in [1.54, 1.807) is 48.7 Å². The van der Waals surface area contributed by atoms with Crippen LogP contribution in [0.3, 0.4) is 0 Å². The fourth-order valence-electron chi connectivity index (χ4n) is 2.52. The van der Waals surface area contributed by atoms with Gasteiger partial charge < -0.3 is 5.32 Å². The summed E-state index contributed by atoms with van der Waals surface area (Å²) in [5, 5.41) is 2.71. The molecule has 0 fully saturated rings. The molecule has 3 rings (SSSR count). The lowest BCUT2D eigenvalue weighted by atomic mass is 10.1. The zero-order valence-corrected chi connectivity index (χ0v) is 13.6. The van der Waals surface area contributed by atoms with Crippen molar-refractivity contribution in [3.05, 3.63) is 88.6 Å². The quantitative estimate of drug-likeness (QED) is 0.738. The van der Waals surface area contributed by atoms with Gasteiger partial charge in [0.1, 0.15) is 0 Å². The number of aromatic nitrogens is 1. The second-order valence-electron chi connectivity index (χ2n) is 5.52. The van der Waals surface area contributed by atoms with Crippen molar-refractivity contribution < 1.29 is 4.79 Å². The van der Waals surface area contributed by atoms with Crippen molar-refractivity contribution in [1.82, 2.24) is 4.57 Å². The molecule has 0 spiro atoms. The average molecular weight is 329 g/mol. The van der Waals surface area contributed by atoms with E-state index in [4.69, 9.17) is 6.57 Å². The molecule has 0 aliphatic rings. The molecule has 0 aliphatic carbocycles. The van der Waals surface area contributed by atoms with Gasteiger partial charge in [-0.3, -0.25) is 14.2 Å². The molecule has 0 unspecified atom stereocenters. The SMILES string of the molecule is [C-]#[N+]c1ccc(-c2ccc(=O)n(-c3cccc(NC(C)=O)c3)c2)cc1. The van der Waals surface area contributed by atoms with Crippen LogP contribution in [0.25, 0.3) is 21.7 Å². The topological polar surface area (TPSA) is 55.5 Å². The van der Waals surface area contributed by atoms with Crippen LogP contribution < -0.4 is 10.9 Å². The zero-order chi connectivity index (χ0) is 17.8. The van der Waals surface area contributed by atoms with Gasteiger partial charge in [0.15, 0.2) is 5.69 Å². The van der Waals surface area contributed by atoms with Crippen molar-refractivity contribution in [3.63, 3.8) is 0 Å². The summed E-state index contributed by atoms with van der Waals surface area (Å²) in [5.74, 6) is -0.168. The van der Waals surface area contributed by atoms with E-state index in [2.05, 4.69) is 10.2 Å². The molecular weight excluding hydrogens is 314 g/mol. The molecule has 0 bridgehead atoms. The zero-order valence-electron chi connectivity index (χ0n) is 13.6. The lowest BCUT2D eigenvalue weighted by Gasteiger charge is -2.10. The predicted molar refractivity (Wildman–Crippen MR) is 98.0 cm³/mol. The fraction of sp³-hybridized carbons (Fsp3) is 0.0500. The van der Waals surface area contributed by atoms with Gasteiger partial charge in [0, 0.05) is 24.9 Å². The van der Waals surface area contributed by atoms with Crippen LogP contribution in [-0.2, 0) is 4.79 Å². The largest absolute Gasteiger partial charge is 0.326 e. The average Bonchev–Trinajstić information content (AvgIpc) is 2.62. The van der Waals surface area contributed by atoms with Gasteiger partial charge in [-0.1, -0.05) is 30.3 Å². The minimum atomic E-state index is -0.168. The molecule has 5 nitrogen and oxygen atoms in total. The first kappa shape index (κ1) is 16.2. The smallest absolute Gasteiger partial charge is 0.255 e. The molecule has 2 aromatic carbocycles. The van der Waals surface area contributed by atoms with Crippen LogP contribution in [0.2, 0.25) is 0 Å². The third-order valence-corrected chi connectivity index (χ3v) is 3.69. The van der Waals surface area contributed by atoms with Crippen molar-refractivity contribution in [2.45, 2.75) is 6.92 Å². The van der Waals surface area contributed by atoms with Crippen molar-refractivity contribution >= 4 is 17.3 Å². The predicted octanol–water partition coefficient (Wildman–Crippen LogP) is 4.01. The Labute approximate surface area is 145 Å². The number of carbonyl (C=O) groups is 1. The van der Waals surface area contributed by atoms with E-state index in [0.717, 1.165) is 11.1 Å². The second-order valence-corrected chi connectivity index (χ2v) is 5.52. The minimum absolute atomic E-state index is 0.165. The Bertz CT molecular complexity index is 1030. The minimum Gasteiger partial charge on any atom is -0.326 e. The highest BCUT2D eigenvalue weighted by Gasteiger charge is 2.05. The number of carbonyl (C=O) groups excluding carboxylic acids is 1. The molecule has 0 aliphatic heterocycles. The van der Waals surface area contributed by atoms with Crippen LogP contribution in [0.4, 0.5) is 11.4 Å². The number of anilines is 1. The molecule has 122 valence electrons. The van der Waals surface area contributed by atoms with Crippen LogP contribution in [0.1, 0.15) is 6.92 Å². The van der Waals surface area contributed by atoms with E-state index in [-0.39, 0.29) is 11.5 Å². The molecule has 0 saturated carbocycles. The van der Waals surface area contributed by atoms with Crippen LogP contribution >= 0.6 is 0 Å². The maximum atomic E-state index is 12.3. The number of benzene rings is 2. The normalized spacial score (nSPS) is 10.1. The van der Waals surface area contributed by atoms with E-state index in [1.807, 2.05) is 12.1 Å². The first-order valence-electron chi connectivity index (χ1n) is 7.65. The number of rotatable bonds is 3. The highest BCUT2D eigenvalue weighted by molar-refractivity contribution is 5.88. The molecule has 1 aromatic heterocycles. The summed E-state index contributed by atoms with van der Waals surface area (Å²) >= 11 is 0. The lowest BCUT2D eigenvalue weighted by Crippen LogP contribution is -2.16. The maximum absolute atomic E-state index is 12.3. The first-order chi connectivity index (χ1) is 12.1. The van der Waals surface area contributed by atoms with Gasteiger partial charge >= 0.3 is 0 Å². The fourth-order valence-corrected chi connectivity index (χ4v) is 2.52. The van der Waals surface area contributed by atoms with Crippen molar-refractivity contribution in [3.8, 4) is 16.8 Å². The number of nitrogens with one attached hydrogen (secondary N) is 1. The number of nitrogens with zero attached hydrogens (tertiary/aromatic N) is 2. The Morgan fingerprint density at radius 3 is 2.44 bits per heavy atom. The second kappa shape index (κ2) is 6.85. The number of hydrogen-bond acceptors (Lipinski definition) is 2. The summed E-state index contributed by atoms with van der Waals surface area (Å²) in [4.78, 5) is 26.9.